The van der Waals surface area contributed by atoms with E-state index < -0.39 is 12.0 Å². The molecule has 0 aliphatic carbocycles. The Morgan fingerprint density at radius 1 is 1.00 bits per heavy atom. The molecular weight excluding hydrogens is 274 g/mol. The number of hydrogen-bond acceptors (Lipinski definition) is 2. The van der Waals surface area contributed by atoms with Crippen molar-refractivity contribution in [1.29, 1.82) is 0 Å². The van der Waals surface area contributed by atoms with Crippen molar-refractivity contribution < 1.29 is 9.90 Å². The monoisotopic (exact) mass is 291 g/mol. The fraction of sp³-hybridized carbons (Fsp3) is 0.188. The molecule has 2 rings (SSSR count). The lowest BCUT2D eigenvalue weighted by atomic mass is 9.96. The summed E-state index contributed by atoms with van der Waals surface area (Å²) in [5.41, 5.74) is 8.95. The van der Waals surface area contributed by atoms with Crippen molar-refractivity contribution in [3.63, 3.8) is 0 Å². The number of carbonyl (C=O) groups is 1. The minimum absolute atomic E-state index is 0. The summed E-state index contributed by atoms with van der Waals surface area (Å²) >= 11 is 0. The molecule has 20 heavy (non-hydrogen) atoms. The first kappa shape index (κ1) is 16.2. The third-order valence-electron chi connectivity index (χ3n) is 3.11. The molecule has 0 radical (unpaired) electrons. The van der Waals surface area contributed by atoms with Crippen LogP contribution in [0.2, 0.25) is 0 Å². The van der Waals surface area contributed by atoms with Crippen LogP contribution in [0, 0.1) is 0 Å². The number of hydrogen-bond donors (Lipinski definition) is 2. The maximum Gasteiger partial charge on any atom is 0.320 e. The molecule has 0 amide bonds. The Labute approximate surface area is 124 Å². The van der Waals surface area contributed by atoms with Crippen LogP contribution in [-0.2, 0) is 17.6 Å². The largest absolute Gasteiger partial charge is 0.480 e. The van der Waals surface area contributed by atoms with E-state index >= 15 is 0 Å². The minimum Gasteiger partial charge on any atom is -0.480 e. The lowest BCUT2D eigenvalue weighted by Crippen LogP contribution is -2.32. The second kappa shape index (κ2) is 7.68. The molecule has 0 fully saturated rings. The molecule has 106 valence electrons. The van der Waals surface area contributed by atoms with Gasteiger partial charge in [0.1, 0.15) is 6.04 Å². The number of carboxylic acid groups (broad SMARTS) is 1. The molecule has 0 unspecified atom stereocenters. The zero-order chi connectivity index (χ0) is 13.7. The van der Waals surface area contributed by atoms with Gasteiger partial charge in [0, 0.05) is 0 Å². The first-order valence-electron chi connectivity index (χ1n) is 6.26. The van der Waals surface area contributed by atoms with Crippen LogP contribution >= 0.6 is 12.4 Å². The molecule has 0 aliphatic rings. The van der Waals surface area contributed by atoms with E-state index in [1.165, 1.54) is 5.56 Å². The Morgan fingerprint density at radius 2 is 1.55 bits per heavy atom. The third-order valence-corrected chi connectivity index (χ3v) is 3.11. The number of benzene rings is 2. The summed E-state index contributed by atoms with van der Waals surface area (Å²) in [4.78, 5) is 10.8. The van der Waals surface area contributed by atoms with Crippen LogP contribution in [0.25, 0.3) is 0 Å². The average Bonchev–Trinajstić information content (AvgIpc) is 2.42. The number of carboxylic acids is 1. The molecule has 1 atom stereocenters. The van der Waals surface area contributed by atoms with Gasteiger partial charge in [0.2, 0.25) is 0 Å². The fourth-order valence-electron chi connectivity index (χ4n) is 2.07. The van der Waals surface area contributed by atoms with E-state index in [2.05, 4.69) is 12.1 Å². The molecule has 3 nitrogen and oxygen atoms in total. The highest BCUT2D eigenvalue weighted by atomic mass is 35.5. The van der Waals surface area contributed by atoms with Crippen LogP contribution in [0.4, 0.5) is 0 Å². The first-order chi connectivity index (χ1) is 9.16. The maximum atomic E-state index is 10.8. The number of nitrogens with two attached hydrogens (primary N) is 1. The van der Waals surface area contributed by atoms with Crippen molar-refractivity contribution >= 4 is 18.4 Å². The van der Waals surface area contributed by atoms with Gasteiger partial charge < -0.3 is 10.8 Å². The Balaban J connectivity index is 0.00000200. The summed E-state index contributed by atoms with van der Waals surface area (Å²) in [7, 11) is 0. The molecule has 3 N–H and O–H groups in total. The van der Waals surface area contributed by atoms with E-state index in [4.69, 9.17) is 10.8 Å². The van der Waals surface area contributed by atoms with Gasteiger partial charge in [-0.3, -0.25) is 4.79 Å². The van der Waals surface area contributed by atoms with Gasteiger partial charge in [-0.15, -0.1) is 12.4 Å². The highest BCUT2D eigenvalue weighted by Crippen LogP contribution is 2.15. The van der Waals surface area contributed by atoms with E-state index in [1.54, 1.807) is 0 Å². The van der Waals surface area contributed by atoms with Gasteiger partial charge >= 0.3 is 5.97 Å². The Kier molecular flexibility index (Phi) is 6.22. The molecular formula is C16H18ClNO2. The van der Waals surface area contributed by atoms with Gasteiger partial charge in [-0.2, -0.15) is 0 Å². The fourth-order valence-corrected chi connectivity index (χ4v) is 2.07. The standard InChI is InChI=1S/C16H17NO2.ClH/c17-15(16(18)19)11-14-9-5-4-8-13(14)10-12-6-2-1-3-7-12;/h1-9,15H,10-11,17H2,(H,18,19);1H/t15-;/m0./s1. The van der Waals surface area contributed by atoms with E-state index in [0.717, 1.165) is 17.5 Å². The normalized spacial score (nSPS) is 11.4. The number of rotatable bonds is 5. The Morgan fingerprint density at radius 3 is 2.15 bits per heavy atom. The van der Waals surface area contributed by atoms with Gasteiger partial charge in [-0.05, 0) is 29.5 Å². The SMILES string of the molecule is Cl.N[C@@H](Cc1ccccc1Cc1ccccc1)C(=O)O. The lowest BCUT2D eigenvalue weighted by Gasteiger charge is -2.12. The topological polar surface area (TPSA) is 63.3 Å². The van der Waals surface area contributed by atoms with Crippen LogP contribution in [-0.4, -0.2) is 17.1 Å². The van der Waals surface area contributed by atoms with Crippen molar-refractivity contribution in [3.8, 4) is 0 Å². The Hall–Kier alpha value is -1.84. The number of aliphatic carboxylic acids is 1. The first-order valence-corrected chi connectivity index (χ1v) is 6.26. The van der Waals surface area contributed by atoms with Crippen LogP contribution in [0.1, 0.15) is 16.7 Å². The summed E-state index contributed by atoms with van der Waals surface area (Å²) in [6.07, 6.45) is 1.15. The van der Waals surface area contributed by atoms with Crippen molar-refractivity contribution in [2.75, 3.05) is 0 Å². The quantitative estimate of drug-likeness (QED) is 0.890. The van der Waals surface area contributed by atoms with Gasteiger partial charge in [0.05, 0.1) is 0 Å². The van der Waals surface area contributed by atoms with E-state index in [-0.39, 0.29) is 12.4 Å². The lowest BCUT2D eigenvalue weighted by molar-refractivity contribution is -0.138. The molecule has 0 aliphatic heterocycles. The molecule has 0 aromatic heterocycles. The van der Waals surface area contributed by atoms with E-state index in [0.29, 0.717) is 6.42 Å². The zero-order valence-electron chi connectivity index (χ0n) is 11.0. The summed E-state index contributed by atoms with van der Waals surface area (Å²) in [6.45, 7) is 0. The average molecular weight is 292 g/mol. The molecule has 0 spiro atoms. The second-order valence-corrected chi connectivity index (χ2v) is 4.58. The Bertz CT molecular complexity index is 557. The van der Waals surface area contributed by atoms with Crippen LogP contribution < -0.4 is 5.73 Å². The molecule has 0 bridgehead atoms. The molecule has 0 heterocycles. The molecule has 4 heteroatoms. The highest BCUT2D eigenvalue weighted by molar-refractivity contribution is 5.85. The van der Waals surface area contributed by atoms with Gasteiger partial charge in [0.15, 0.2) is 0 Å². The summed E-state index contributed by atoms with van der Waals surface area (Å²) < 4.78 is 0. The van der Waals surface area contributed by atoms with E-state index in [1.807, 2.05) is 42.5 Å². The highest BCUT2D eigenvalue weighted by Gasteiger charge is 2.14. The van der Waals surface area contributed by atoms with Crippen molar-refractivity contribution in [3.05, 3.63) is 71.3 Å². The predicted molar refractivity (Wildman–Crippen MR) is 82.3 cm³/mol. The van der Waals surface area contributed by atoms with Gasteiger partial charge in [-0.1, -0.05) is 54.6 Å². The maximum absolute atomic E-state index is 10.8. The van der Waals surface area contributed by atoms with Crippen molar-refractivity contribution in [1.82, 2.24) is 0 Å². The molecule has 0 saturated heterocycles. The second-order valence-electron chi connectivity index (χ2n) is 4.58. The molecule has 2 aromatic rings. The summed E-state index contributed by atoms with van der Waals surface area (Å²) in [5.74, 6) is -0.963. The van der Waals surface area contributed by atoms with Crippen LogP contribution in [0.3, 0.4) is 0 Å². The van der Waals surface area contributed by atoms with Gasteiger partial charge in [-0.25, -0.2) is 0 Å². The molecule has 2 aromatic carbocycles. The van der Waals surface area contributed by atoms with Crippen LogP contribution in [0.15, 0.2) is 54.6 Å². The minimum atomic E-state index is -0.963. The van der Waals surface area contributed by atoms with Gasteiger partial charge in [0.25, 0.3) is 0 Å². The summed E-state index contributed by atoms with van der Waals surface area (Å²) in [6, 6.07) is 17.1. The van der Waals surface area contributed by atoms with Crippen LogP contribution in [0.5, 0.6) is 0 Å². The molecule has 0 saturated carbocycles. The number of halogens is 1. The summed E-state index contributed by atoms with van der Waals surface area (Å²) in [5, 5.41) is 8.90. The third kappa shape index (κ3) is 4.37. The van der Waals surface area contributed by atoms with E-state index in [9.17, 15) is 4.79 Å². The predicted octanol–water partition coefficient (Wildman–Crippen LogP) is 2.65. The van der Waals surface area contributed by atoms with Crippen molar-refractivity contribution in [2.45, 2.75) is 18.9 Å². The van der Waals surface area contributed by atoms with Crippen molar-refractivity contribution in [2.24, 2.45) is 5.73 Å². The smallest absolute Gasteiger partial charge is 0.320 e. The zero-order valence-corrected chi connectivity index (χ0v) is 11.8.